The number of fused-ring (bicyclic) bond motifs is 1. The van der Waals surface area contributed by atoms with Crippen molar-refractivity contribution in [3.05, 3.63) is 50.7 Å². The first-order valence-electron chi connectivity index (χ1n) is 9.61. The van der Waals surface area contributed by atoms with E-state index >= 15 is 0 Å². The maximum atomic E-state index is 12.8. The van der Waals surface area contributed by atoms with Crippen LogP contribution in [-0.2, 0) is 20.6 Å². The molecule has 0 aliphatic carbocycles. The second kappa shape index (κ2) is 8.52. The maximum absolute atomic E-state index is 12.8. The lowest BCUT2D eigenvalue weighted by Gasteiger charge is -2.16. The van der Waals surface area contributed by atoms with Crippen LogP contribution in [-0.4, -0.2) is 43.0 Å². The van der Waals surface area contributed by atoms with Crippen LogP contribution in [0.2, 0.25) is 0 Å². The van der Waals surface area contributed by atoms with E-state index in [9.17, 15) is 14.7 Å². The molecule has 0 spiro atoms. The Balaban J connectivity index is 1.92. The monoisotopic (exact) mass is 401 g/mol. The Morgan fingerprint density at radius 1 is 1.17 bits per heavy atom. The zero-order valence-corrected chi connectivity index (χ0v) is 17.2. The molecule has 0 saturated heterocycles. The highest BCUT2D eigenvalue weighted by Crippen LogP contribution is 2.17. The minimum Gasteiger partial charge on any atom is -0.491 e. The van der Waals surface area contributed by atoms with Crippen LogP contribution in [0.25, 0.3) is 11.2 Å². The number of imidazole rings is 1. The van der Waals surface area contributed by atoms with Gasteiger partial charge in [-0.05, 0) is 25.5 Å². The van der Waals surface area contributed by atoms with E-state index in [-0.39, 0.29) is 24.3 Å². The molecule has 3 rings (SSSR count). The summed E-state index contributed by atoms with van der Waals surface area (Å²) in [4.78, 5) is 29.4. The summed E-state index contributed by atoms with van der Waals surface area (Å²) in [6.07, 6.45) is -0.0167. The second-order valence-electron chi connectivity index (χ2n) is 7.13. The first-order chi connectivity index (χ1) is 13.8. The highest BCUT2D eigenvalue weighted by molar-refractivity contribution is 5.74. The zero-order chi connectivity index (χ0) is 21.1. The molecule has 2 N–H and O–H groups in total. The lowest BCUT2D eigenvalue weighted by atomic mass is 10.2. The molecule has 0 aliphatic heterocycles. The Labute approximate surface area is 168 Å². The number of aromatic nitrogens is 4. The highest BCUT2D eigenvalue weighted by Gasteiger charge is 2.21. The summed E-state index contributed by atoms with van der Waals surface area (Å²) < 4.78 is 9.65. The number of aliphatic hydroxyl groups is 1. The molecule has 9 nitrogen and oxygen atoms in total. The standard InChI is InChI=1S/C20H27N5O4/c1-5-10-21-19-22-17-16(18(27)24(4)20(28)23(17)3)25(19)11-14(26)12-29-15-8-6-13(2)7-9-15/h6-9,14,26H,5,10-12H2,1-4H3,(H,21,22)/t14-/m0/s1. The SMILES string of the molecule is CCCNc1nc2c(c(=O)n(C)c(=O)n2C)n1C[C@H](O)COc1ccc(C)cc1. The van der Waals surface area contributed by atoms with E-state index in [1.807, 2.05) is 38.1 Å². The first kappa shape index (κ1) is 20.7. The van der Waals surface area contributed by atoms with Crippen LogP contribution in [0.1, 0.15) is 18.9 Å². The molecule has 1 aromatic carbocycles. The average molecular weight is 401 g/mol. The molecular formula is C20H27N5O4. The van der Waals surface area contributed by atoms with E-state index in [1.165, 1.54) is 11.6 Å². The van der Waals surface area contributed by atoms with E-state index in [0.29, 0.717) is 18.2 Å². The molecule has 3 aromatic rings. The molecule has 9 heteroatoms. The van der Waals surface area contributed by atoms with Gasteiger partial charge in [-0.3, -0.25) is 13.9 Å². The smallest absolute Gasteiger partial charge is 0.332 e. The Morgan fingerprint density at radius 3 is 2.52 bits per heavy atom. The van der Waals surface area contributed by atoms with Crippen LogP contribution >= 0.6 is 0 Å². The Bertz CT molecular complexity index is 1110. The van der Waals surface area contributed by atoms with Crippen molar-refractivity contribution in [3.63, 3.8) is 0 Å². The van der Waals surface area contributed by atoms with E-state index in [4.69, 9.17) is 4.74 Å². The summed E-state index contributed by atoms with van der Waals surface area (Å²) in [6.45, 7) is 4.80. The number of hydrogen-bond acceptors (Lipinski definition) is 6. The third kappa shape index (κ3) is 4.19. The number of ether oxygens (including phenoxy) is 1. The molecule has 29 heavy (non-hydrogen) atoms. The van der Waals surface area contributed by atoms with Gasteiger partial charge >= 0.3 is 5.69 Å². The van der Waals surface area contributed by atoms with Gasteiger partial charge in [0.1, 0.15) is 18.5 Å². The Hall–Kier alpha value is -3.07. The molecule has 0 radical (unpaired) electrons. The molecule has 0 bridgehead atoms. The fourth-order valence-corrected chi connectivity index (χ4v) is 3.09. The molecule has 0 saturated carbocycles. The summed E-state index contributed by atoms with van der Waals surface area (Å²) in [5.41, 5.74) is 0.770. The topological polar surface area (TPSA) is 103 Å². The lowest BCUT2D eigenvalue weighted by molar-refractivity contribution is 0.0938. The number of anilines is 1. The first-order valence-corrected chi connectivity index (χ1v) is 9.61. The molecule has 2 aromatic heterocycles. The average Bonchev–Trinajstić information content (AvgIpc) is 3.07. The molecule has 1 atom stereocenters. The summed E-state index contributed by atoms with van der Waals surface area (Å²) in [5, 5.41) is 13.7. The number of nitrogens with zero attached hydrogens (tertiary/aromatic N) is 4. The minimum atomic E-state index is -0.877. The van der Waals surface area contributed by atoms with Crippen molar-refractivity contribution in [2.45, 2.75) is 32.9 Å². The van der Waals surface area contributed by atoms with Gasteiger partial charge < -0.3 is 19.7 Å². The van der Waals surface area contributed by atoms with Crippen LogP contribution in [0, 0.1) is 6.92 Å². The number of hydrogen-bond donors (Lipinski definition) is 2. The number of aryl methyl sites for hydroxylation is 2. The second-order valence-corrected chi connectivity index (χ2v) is 7.13. The van der Waals surface area contributed by atoms with Gasteiger partial charge in [-0.15, -0.1) is 0 Å². The molecule has 156 valence electrons. The molecule has 0 aliphatic rings. The summed E-state index contributed by atoms with van der Waals surface area (Å²) in [5.74, 6) is 1.10. The predicted octanol–water partition coefficient (Wildman–Crippen LogP) is 1.00. The van der Waals surface area contributed by atoms with E-state index in [2.05, 4.69) is 10.3 Å². The maximum Gasteiger partial charge on any atom is 0.332 e. The predicted molar refractivity (Wildman–Crippen MR) is 112 cm³/mol. The quantitative estimate of drug-likeness (QED) is 0.584. The van der Waals surface area contributed by atoms with Gasteiger partial charge in [0.05, 0.1) is 6.54 Å². The molecular weight excluding hydrogens is 374 g/mol. The molecule has 0 fully saturated rings. The number of nitrogens with one attached hydrogen (secondary N) is 1. The van der Waals surface area contributed by atoms with Crippen molar-refractivity contribution in [3.8, 4) is 5.75 Å². The lowest BCUT2D eigenvalue weighted by Crippen LogP contribution is -2.38. The van der Waals surface area contributed by atoms with Gasteiger partial charge in [-0.25, -0.2) is 4.79 Å². The fraction of sp³-hybridized carbons (Fsp3) is 0.450. The Kier molecular flexibility index (Phi) is 6.07. The van der Waals surface area contributed by atoms with Gasteiger partial charge in [0, 0.05) is 20.6 Å². The molecule has 2 heterocycles. The summed E-state index contributed by atoms with van der Waals surface area (Å²) in [6, 6.07) is 7.55. The fourth-order valence-electron chi connectivity index (χ4n) is 3.09. The molecule has 0 amide bonds. The van der Waals surface area contributed by atoms with Gasteiger partial charge in [-0.1, -0.05) is 24.6 Å². The van der Waals surface area contributed by atoms with Crippen LogP contribution in [0.3, 0.4) is 0 Å². The van der Waals surface area contributed by atoms with Gasteiger partial charge in [-0.2, -0.15) is 4.98 Å². The van der Waals surface area contributed by atoms with E-state index in [0.717, 1.165) is 16.6 Å². The molecule has 0 unspecified atom stereocenters. The highest BCUT2D eigenvalue weighted by atomic mass is 16.5. The summed E-state index contributed by atoms with van der Waals surface area (Å²) in [7, 11) is 3.00. The number of benzene rings is 1. The normalized spacial score (nSPS) is 12.3. The van der Waals surface area contributed by atoms with Gasteiger partial charge in [0.25, 0.3) is 5.56 Å². The van der Waals surface area contributed by atoms with Gasteiger partial charge in [0.15, 0.2) is 11.2 Å². The van der Waals surface area contributed by atoms with Crippen molar-refractivity contribution in [1.29, 1.82) is 0 Å². The van der Waals surface area contributed by atoms with Crippen LogP contribution in [0.15, 0.2) is 33.9 Å². The third-order valence-electron chi connectivity index (χ3n) is 4.74. The summed E-state index contributed by atoms with van der Waals surface area (Å²) >= 11 is 0. The van der Waals surface area contributed by atoms with Crippen molar-refractivity contribution < 1.29 is 9.84 Å². The van der Waals surface area contributed by atoms with E-state index in [1.54, 1.807) is 11.6 Å². The van der Waals surface area contributed by atoms with Crippen molar-refractivity contribution >= 4 is 17.1 Å². The van der Waals surface area contributed by atoms with Crippen LogP contribution in [0.4, 0.5) is 5.95 Å². The third-order valence-corrected chi connectivity index (χ3v) is 4.74. The Morgan fingerprint density at radius 2 is 1.86 bits per heavy atom. The van der Waals surface area contributed by atoms with Crippen molar-refractivity contribution in [2.24, 2.45) is 14.1 Å². The number of aliphatic hydroxyl groups excluding tert-OH is 1. The zero-order valence-electron chi connectivity index (χ0n) is 17.2. The van der Waals surface area contributed by atoms with Crippen molar-refractivity contribution in [1.82, 2.24) is 18.7 Å². The van der Waals surface area contributed by atoms with Crippen molar-refractivity contribution in [2.75, 3.05) is 18.5 Å². The largest absolute Gasteiger partial charge is 0.491 e. The van der Waals surface area contributed by atoms with Gasteiger partial charge in [0.2, 0.25) is 5.95 Å². The minimum absolute atomic E-state index is 0.0576. The van der Waals surface area contributed by atoms with E-state index < -0.39 is 17.4 Å². The van der Waals surface area contributed by atoms with Crippen LogP contribution < -0.4 is 21.3 Å². The number of rotatable bonds is 8. The van der Waals surface area contributed by atoms with Crippen LogP contribution in [0.5, 0.6) is 5.75 Å².